The summed E-state index contributed by atoms with van der Waals surface area (Å²) >= 11 is 3.70. The van der Waals surface area contributed by atoms with E-state index in [4.69, 9.17) is 0 Å². The molecular formula is C10H17IN2S. The lowest BCUT2D eigenvalue weighted by atomic mass is 9.84. The summed E-state index contributed by atoms with van der Waals surface area (Å²) in [4.78, 5) is 4.37. The predicted molar refractivity (Wildman–Crippen MR) is 69.6 cm³/mol. The van der Waals surface area contributed by atoms with Crippen LogP contribution < -0.4 is 0 Å². The summed E-state index contributed by atoms with van der Waals surface area (Å²) in [5, 5.41) is 1.17. The van der Waals surface area contributed by atoms with Crippen molar-refractivity contribution in [1.29, 1.82) is 0 Å². The normalized spacial score (nSPS) is 14.4. The highest BCUT2D eigenvalue weighted by Crippen LogP contribution is 2.26. The Balaban J connectivity index is 2.45. The molecule has 0 aromatic carbocycles. The smallest absolute Gasteiger partial charge is 0.203 e. The van der Waals surface area contributed by atoms with E-state index >= 15 is 0 Å². The van der Waals surface area contributed by atoms with E-state index in [1.165, 1.54) is 23.0 Å². The van der Waals surface area contributed by atoms with Crippen molar-refractivity contribution in [2.45, 2.75) is 40.5 Å². The molecule has 80 valence electrons. The van der Waals surface area contributed by atoms with Gasteiger partial charge >= 0.3 is 0 Å². The molecule has 1 unspecified atom stereocenters. The van der Waals surface area contributed by atoms with Crippen LogP contribution in [-0.4, -0.2) is 9.36 Å². The van der Waals surface area contributed by atoms with Crippen LogP contribution in [0, 0.1) is 15.2 Å². The third-order valence-corrected chi connectivity index (χ3v) is 3.47. The Morgan fingerprint density at radius 1 is 1.43 bits per heavy atom. The molecule has 1 aromatic heterocycles. The van der Waals surface area contributed by atoms with Crippen LogP contribution in [0.1, 0.15) is 39.1 Å². The standard InChI is InChI=1S/C10H17IN2S/c1-7(6-10(2,3)4)5-8-12-9(11)13-14-8/h7H,5-6H2,1-4H3. The van der Waals surface area contributed by atoms with E-state index < -0.39 is 0 Å². The lowest BCUT2D eigenvalue weighted by molar-refractivity contribution is 0.306. The average molecular weight is 324 g/mol. The van der Waals surface area contributed by atoms with Crippen LogP contribution in [0.3, 0.4) is 0 Å². The molecule has 0 saturated heterocycles. The van der Waals surface area contributed by atoms with E-state index in [1.54, 1.807) is 0 Å². The van der Waals surface area contributed by atoms with Crippen molar-refractivity contribution in [2.24, 2.45) is 11.3 Å². The molecule has 0 bridgehead atoms. The van der Waals surface area contributed by atoms with Gasteiger partial charge in [0.1, 0.15) is 5.01 Å². The fraction of sp³-hybridized carbons (Fsp3) is 0.800. The Labute approximate surface area is 104 Å². The van der Waals surface area contributed by atoms with Gasteiger partial charge in [0.05, 0.1) is 0 Å². The number of hydrogen-bond acceptors (Lipinski definition) is 3. The zero-order valence-electron chi connectivity index (χ0n) is 9.17. The van der Waals surface area contributed by atoms with E-state index in [0.717, 1.165) is 10.3 Å². The van der Waals surface area contributed by atoms with E-state index in [-0.39, 0.29) is 0 Å². The van der Waals surface area contributed by atoms with E-state index in [2.05, 4.69) is 59.6 Å². The van der Waals surface area contributed by atoms with Gasteiger partial charge in [-0.25, -0.2) is 4.98 Å². The van der Waals surface area contributed by atoms with Crippen molar-refractivity contribution < 1.29 is 0 Å². The second-order valence-electron chi connectivity index (χ2n) is 5.03. The van der Waals surface area contributed by atoms with Gasteiger partial charge in [-0.1, -0.05) is 27.7 Å². The second kappa shape index (κ2) is 4.88. The molecule has 14 heavy (non-hydrogen) atoms. The molecule has 1 heterocycles. The summed E-state index contributed by atoms with van der Waals surface area (Å²) in [6.07, 6.45) is 2.31. The zero-order valence-corrected chi connectivity index (χ0v) is 12.1. The summed E-state index contributed by atoms with van der Waals surface area (Å²) < 4.78 is 5.06. The number of halogens is 1. The van der Waals surface area contributed by atoms with Gasteiger partial charge < -0.3 is 0 Å². The molecule has 4 heteroatoms. The molecule has 0 amide bonds. The lowest BCUT2D eigenvalue weighted by Crippen LogP contribution is -2.12. The predicted octanol–water partition coefficient (Wildman–Crippen LogP) is 3.76. The highest BCUT2D eigenvalue weighted by atomic mass is 127. The number of rotatable bonds is 3. The summed E-state index contributed by atoms with van der Waals surface area (Å²) in [6, 6.07) is 0. The van der Waals surface area contributed by atoms with Crippen molar-refractivity contribution in [3.63, 3.8) is 0 Å². The van der Waals surface area contributed by atoms with Crippen molar-refractivity contribution >= 4 is 34.1 Å². The van der Waals surface area contributed by atoms with Crippen LogP contribution >= 0.6 is 34.1 Å². The van der Waals surface area contributed by atoms with Crippen molar-refractivity contribution in [3.8, 4) is 0 Å². The minimum atomic E-state index is 0.414. The first kappa shape index (κ1) is 12.4. The van der Waals surface area contributed by atoms with Gasteiger partial charge in [-0.05, 0) is 29.3 Å². The Morgan fingerprint density at radius 2 is 2.07 bits per heavy atom. The third-order valence-electron chi connectivity index (χ3n) is 1.93. The Bertz CT molecular complexity index is 291. The van der Waals surface area contributed by atoms with Gasteiger partial charge in [0, 0.05) is 29.0 Å². The maximum atomic E-state index is 4.37. The lowest BCUT2D eigenvalue weighted by Gasteiger charge is -2.22. The molecule has 1 aromatic rings. The highest BCUT2D eigenvalue weighted by molar-refractivity contribution is 14.1. The van der Waals surface area contributed by atoms with Gasteiger partial charge in [-0.15, -0.1) is 0 Å². The fourth-order valence-electron chi connectivity index (χ4n) is 1.73. The first-order valence-corrected chi connectivity index (χ1v) is 6.70. The first-order chi connectivity index (χ1) is 6.37. The molecule has 0 radical (unpaired) electrons. The molecule has 0 saturated carbocycles. The van der Waals surface area contributed by atoms with Crippen LogP contribution in [0.4, 0.5) is 0 Å². The Hall–Kier alpha value is 0.290. The first-order valence-electron chi connectivity index (χ1n) is 4.85. The van der Waals surface area contributed by atoms with Crippen LogP contribution in [0.2, 0.25) is 0 Å². The molecule has 1 atom stereocenters. The van der Waals surface area contributed by atoms with E-state index in [1.807, 2.05) is 0 Å². The van der Waals surface area contributed by atoms with Gasteiger partial charge in [0.2, 0.25) is 3.83 Å². The summed E-state index contributed by atoms with van der Waals surface area (Å²) in [6.45, 7) is 9.15. The second-order valence-corrected chi connectivity index (χ2v) is 6.83. The summed E-state index contributed by atoms with van der Waals surface area (Å²) in [7, 11) is 0. The largest absolute Gasteiger partial charge is 0.215 e. The quantitative estimate of drug-likeness (QED) is 0.791. The van der Waals surface area contributed by atoms with Crippen LogP contribution in [0.15, 0.2) is 0 Å². The summed E-state index contributed by atoms with van der Waals surface area (Å²) in [5.74, 6) is 0.693. The Morgan fingerprint density at radius 3 is 2.50 bits per heavy atom. The van der Waals surface area contributed by atoms with Gasteiger partial charge in [-0.3, -0.25) is 0 Å². The minimum absolute atomic E-state index is 0.414. The Kier molecular flexibility index (Phi) is 4.30. The third kappa shape index (κ3) is 4.68. The van der Waals surface area contributed by atoms with Crippen LogP contribution in [0.5, 0.6) is 0 Å². The average Bonchev–Trinajstić information content (AvgIpc) is 2.30. The molecule has 0 aliphatic heterocycles. The van der Waals surface area contributed by atoms with E-state index in [9.17, 15) is 0 Å². The molecule has 0 spiro atoms. The van der Waals surface area contributed by atoms with Crippen molar-refractivity contribution in [2.75, 3.05) is 0 Å². The van der Waals surface area contributed by atoms with E-state index in [0.29, 0.717) is 11.3 Å². The van der Waals surface area contributed by atoms with Gasteiger partial charge in [0.15, 0.2) is 0 Å². The maximum Gasteiger partial charge on any atom is 0.203 e. The number of aromatic nitrogens is 2. The van der Waals surface area contributed by atoms with Crippen LogP contribution in [-0.2, 0) is 6.42 Å². The van der Waals surface area contributed by atoms with Gasteiger partial charge in [-0.2, -0.15) is 4.37 Å². The van der Waals surface area contributed by atoms with Crippen LogP contribution in [0.25, 0.3) is 0 Å². The zero-order chi connectivity index (χ0) is 10.8. The molecular weight excluding hydrogens is 307 g/mol. The highest BCUT2D eigenvalue weighted by Gasteiger charge is 2.16. The monoisotopic (exact) mass is 324 g/mol. The molecule has 0 fully saturated rings. The molecule has 2 nitrogen and oxygen atoms in total. The molecule has 0 N–H and O–H groups in total. The van der Waals surface area contributed by atoms with Crippen molar-refractivity contribution in [1.82, 2.24) is 9.36 Å². The molecule has 0 aliphatic carbocycles. The maximum absolute atomic E-state index is 4.37. The topological polar surface area (TPSA) is 25.8 Å². The molecule has 0 aliphatic rings. The number of hydrogen-bond donors (Lipinski definition) is 0. The fourth-order valence-corrected chi connectivity index (χ4v) is 3.19. The van der Waals surface area contributed by atoms with Crippen molar-refractivity contribution in [3.05, 3.63) is 8.84 Å². The number of nitrogens with zero attached hydrogens (tertiary/aromatic N) is 2. The molecule has 1 rings (SSSR count). The minimum Gasteiger partial charge on any atom is -0.215 e. The summed E-state index contributed by atoms with van der Waals surface area (Å²) in [5.41, 5.74) is 0.414. The van der Waals surface area contributed by atoms with Gasteiger partial charge in [0.25, 0.3) is 0 Å². The SMILES string of the molecule is CC(Cc1nc(I)ns1)CC(C)(C)C.